The molecule has 0 N–H and O–H groups in total. The van der Waals surface area contributed by atoms with Crippen molar-refractivity contribution in [3.05, 3.63) is 71.8 Å². The minimum Gasteiger partial charge on any atom is -0.0888 e. The van der Waals surface area contributed by atoms with E-state index in [-0.39, 0.29) is 0 Å². The topological polar surface area (TPSA) is 0 Å². The molecule has 4 rings (SSSR count). The molecule has 0 aromatic heterocycles. The fraction of sp³-hybridized carbons (Fsp3) is 0.154. The number of allylic oxidation sites excluding steroid dienone is 2. The largest absolute Gasteiger partial charge is 0.0888 e. The van der Waals surface area contributed by atoms with E-state index in [1.54, 1.807) is 0 Å². The highest BCUT2D eigenvalue weighted by Crippen LogP contribution is 2.34. The second kappa shape index (κ2) is 7.77. The maximum absolute atomic E-state index is 3.14. The van der Waals surface area contributed by atoms with Gasteiger partial charge in [0.1, 0.15) is 0 Å². The van der Waals surface area contributed by atoms with Gasteiger partial charge in [0.2, 0.25) is 0 Å². The van der Waals surface area contributed by atoms with E-state index in [0.717, 1.165) is 25.7 Å². The molecule has 0 atom stereocenters. The van der Waals surface area contributed by atoms with Gasteiger partial charge in [-0.1, -0.05) is 84.7 Å². The molecule has 3 aromatic carbocycles. The molecule has 0 spiro atoms. The van der Waals surface area contributed by atoms with Crippen molar-refractivity contribution in [2.24, 2.45) is 0 Å². The van der Waals surface area contributed by atoms with E-state index < -0.39 is 0 Å². The second-order valence-corrected chi connectivity index (χ2v) is 6.40. The first-order valence-corrected chi connectivity index (χ1v) is 9.17. The minimum absolute atomic E-state index is 0.849. The summed E-state index contributed by atoms with van der Waals surface area (Å²) in [4.78, 5) is 0. The zero-order valence-corrected chi connectivity index (χ0v) is 14.8. The summed E-state index contributed by atoms with van der Waals surface area (Å²) in [5.41, 5.74) is 2.60. The van der Waals surface area contributed by atoms with Crippen LogP contribution >= 0.6 is 0 Å². The zero-order valence-electron chi connectivity index (χ0n) is 14.8. The van der Waals surface area contributed by atoms with Crippen LogP contribution in [0.15, 0.2) is 60.7 Å². The fourth-order valence-corrected chi connectivity index (χ4v) is 3.48. The van der Waals surface area contributed by atoms with Crippen molar-refractivity contribution in [1.82, 2.24) is 0 Å². The molecule has 0 radical (unpaired) electrons. The van der Waals surface area contributed by atoms with Gasteiger partial charge in [-0.25, -0.2) is 0 Å². The predicted molar refractivity (Wildman–Crippen MR) is 114 cm³/mol. The van der Waals surface area contributed by atoms with Gasteiger partial charge in [-0.2, -0.15) is 0 Å². The Morgan fingerprint density at radius 2 is 0.962 bits per heavy atom. The number of benzene rings is 3. The Balaban J connectivity index is 1.98. The van der Waals surface area contributed by atoms with Gasteiger partial charge in [-0.05, 0) is 57.4 Å². The summed E-state index contributed by atoms with van der Waals surface area (Å²) < 4.78 is 0. The van der Waals surface area contributed by atoms with Crippen molar-refractivity contribution < 1.29 is 0 Å². The molecular weight excluding hydrogens is 312 g/mol. The van der Waals surface area contributed by atoms with Crippen molar-refractivity contribution >= 4 is 33.7 Å². The number of fused-ring (bicyclic) bond motifs is 6. The van der Waals surface area contributed by atoms with Crippen molar-refractivity contribution in [1.29, 1.82) is 0 Å². The lowest BCUT2D eigenvalue weighted by atomic mass is 9.91. The lowest BCUT2D eigenvalue weighted by Crippen LogP contribution is -1.89. The van der Waals surface area contributed by atoms with Crippen LogP contribution in [0.25, 0.3) is 33.7 Å². The normalized spacial score (nSPS) is 16.5. The summed E-state index contributed by atoms with van der Waals surface area (Å²) in [6.07, 6.45) is 12.6. The van der Waals surface area contributed by atoms with Crippen LogP contribution in [-0.4, -0.2) is 0 Å². The lowest BCUT2D eigenvalue weighted by molar-refractivity contribution is 1.09. The van der Waals surface area contributed by atoms with Crippen LogP contribution in [-0.2, 0) is 0 Å². The Hall–Kier alpha value is -3.22. The lowest BCUT2D eigenvalue weighted by Gasteiger charge is -2.13. The highest BCUT2D eigenvalue weighted by Gasteiger charge is 2.10. The monoisotopic (exact) mass is 332 g/mol. The first kappa shape index (κ1) is 16.3. The quantitative estimate of drug-likeness (QED) is 0.321. The first-order valence-electron chi connectivity index (χ1n) is 9.17. The van der Waals surface area contributed by atoms with Gasteiger partial charge in [-0.3, -0.25) is 0 Å². The van der Waals surface area contributed by atoms with Crippen LogP contribution in [0.1, 0.15) is 36.8 Å². The number of hydrogen-bond donors (Lipinski definition) is 0. The maximum atomic E-state index is 3.14. The van der Waals surface area contributed by atoms with E-state index in [0.29, 0.717) is 0 Å². The van der Waals surface area contributed by atoms with Crippen LogP contribution in [0.2, 0.25) is 0 Å². The summed E-state index contributed by atoms with van der Waals surface area (Å²) in [6, 6.07) is 17.4. The Kier molecular flexibility index (Phi) is 4.86. The van der Waals surface area contributed by atoms with Crippen molar-refractivity contribution in [2.45, 2.75) is 25.7 Å². The van der Waals surface area contributed by atoms with Gasteiger partial charge < -0.3 is 0 Å². The molecular formula is C26H20. The molecule has 124 valence electrons. The van der Waals surface area contributed by atoms with E-state index in [1.165, 1.54) is 32.7 Å². The van der Waals surface area contributed by atoms with Crippen molar-refractivity contribution in [3.63, 3.8) is 0 Å². The van der Waals surface area contributed by atoms with Gasteiger partial charge in [0.15, 0.2) is 0 Å². The fourth-order valence-electron chi connectivity index (χ4n) is 3.48. The Morgan fingerprint density at radius 3 is 1.42 bits per heavy atom. The molecule has 1 aliphatic rings. The smallest absolute Gasteiger partial charge is 0.0134 e. The Bertz CT molecular complexity index is 1040. The third-order valence-electron chi connectivity index (χ3n) is 4.70. The second-order valence-electron chi connectivity index (χ2n) is 6.40. The van der Waals surface area contributed by atoms with Gasteiger partial charge in [0.05, 0.1) is 0 Å². The van der Waals surface area contributed by atoms with Crippen LogP contribution in [0.4, 0.5) is 0 Å². The summed E-state index contributed by atoms with van der Waals surface area (Å²) in [5, 5.41) is 5.23. The predicted octanol–water partition coefficient (Wildman–Crippen LogP) is 6.60. The molecule has 0 nitrogen and oxygen atoms in total. The SMILES string of the molecule is C1#CCC/C=C/c2c(c3ccccc3c3ccccc23)/C=C/CCC#C1. The van der Waals surface area contributed by atoms with E-state index in [4.69, 9.17) is 0 Å². The average molecular weight is 332 g/mol. The summed E-state index contributed by atoms with van der Waals surface area (Å²) >= 11 is 0. The Morgan fingerprint density at radius 1 is 0.538 bits per heavy atom. The van der Waals surface area contributed by atoms with Crippen molar-refractivity contribution in [3.8, 4) is 23.7 Å². The number of hydrogen-bond acceptors (Lipinski definition) is 0. The summed E-state index contributed by atoms with van der Waals surface area (Å²) in [7, 11) is 0. The minimum atomic E-state index is 0.849. The maximum Gasteiger partial charge on any atom is 0.0134 e. The molecule has 0 saturated carbocycles. The molecule has 0 fully saturated rings. The van der Waals surface area contributed by atoms with E-state index in [2.05, 4.69) is 96.5 Å². The highest BCUT2D eigenvalue weighted by molar-refractivity contribution is 6.14. The Labute approximate surface area is 155 Å². The molecule has 3 aromatic rings. The molecule has 0 heteroatoms. The van der Waals surface area contributed by atoms with E-state index >= 15 is 0 Å². The zero-order chi connectivity index (χ0) is 17.6. The molecule has 0 aliphatic heterocycles. The number of rotatable bonds is 0. The summed E-state index contributed by atoms with van der Waals surface area (Å²) in [5.74, 6) is 12.2. The highest BCUT2D eigenvalue weighted by atomic mass is 14.1. The first-order chi connectivity index (χ1) is 12.9. The van der Waals surface area contributed by atoms with E-state index in [9.17, 15) is 0 Å². The van der Waals surface area contributed by atoms with E-state index in [1.807, 2.05) is 0 Å². The molecule has 26 heavy (non-hydrogen) atoms. The van der Waals surface area contributed by atoms with Crippen LogP contribution in [0.3, 0.4) is 0 Å². The average Bonchev–Trinajstić information content (AvgIpc) is 2.69. The summed E-state index contributed by atoms with van der Waals surface area (Å²) in [6.45, 7) is 0. The van der Waals surface area contributed by atoms with Gasteiger partial charge in [0, 0.05) is 12.8 Å². The molecule has 0 bridgehead atoms. The van der Waals surface area contributed by atoms with Crippen LogP contribution in [0, 0.1) is 23.7 Å². The van der Waals surface area contributed by atoms with Crippen LogP contribution in [0.5, 0.6) is 0 Å². The van der Waals surface area contributed by atoms with Crippen LogP contribution < -0.4 is 0 Å². The third-order valence-corrected chi connectivity index (χ3v) is 4.70. The molecule has 0 heterocycles. The molecule has 1 aliphatic carbocycles. The van der Waals surface area contributed by atoms with Crippen molar-refractivity contribution in [2.75, 3.05) is 0 Å². The molecule has 0 amide bonds. The third kappa shape index (κ3) is 3.28. The molecule has 0 saturated heterocycles. The van der Waals surface area contributed by atoms with Gasteiger partial charge in [0.25, 0.3) is 0 Å². The van der Waals surface area contributed by atoms with Gasteiger partial charge in [-0.15, -0.1) is 0 Å². The molecule has 0 unspecified atom stereocenters. The van der Waals surface area contributed by atoms with Gasteiger partial charge >= 0.3 is 0 Å². The standard InChI is InChI=1S/C26H20/c1-2-4-6-8-10-16-22-21(15-9-7-5-3-1)23-17-11-13-19-25(23)26-20-14-12-18-24(22)26/h9-20H,5-8H2/b15-9+,16-10+.